The van der Waals surface area contributed by atoms with E-state index in [0.717, 1.165) is 54.0 Å². The molecule has 1 saturated heterocycles. The SMILES string of the molecule is COc1cc(C2CCCN(CC(N)=O)C2)ccc1Nc1ncc2ccc(-c3ccccc3NCS(C)(=O)=O)n2n1. The van der Waals surface area contributed by atoms with Gasteiger partial charge in [-0.2, -0.15) is 0 Å². The van der Waals surface area contributed by atoms with E-state index in [4.69, 9.17) is 15.6 Å². The summed E-state index contributed by atoms with van der Waals surface area (Å²) in [5.41, 5.74) is 10.3. The number of ether oxygens (including phenoxy) is 1. The maximum Gasteiger partial charge on any atom is 0.245 e. The fraction of sp³-hybridized carbons (Fsp3) is 0.321. The lowest BCUT2D eigenvalue weighted by Gasteiger charge is -2.32. The molecule has 4 N–H and O–H groups in total. The van der Waals surface area contributed by atoms with Crippen LogP contribution in [-0.2, 0) is 14.6 Å². The fourth-order valence-corrected chi connectivity index (χ4v) is 5.53. The minimum atomic E-state index is -3.20. The molecule has 1 amide bonds. The molecule has 0 spiro atoms. The van der Waals surface area contributed by atoms with Gasteiger partial charge in [-0.3, -0.25) is 9.69 Å². The van der Waals surface area contributed by atoms with Gasteiger partial charge in [-0.25, -0.2) is 17.9 Å². The van der Waals surface area contributed by atoms with Crippen LogP contribution in [-0.4, -0.2) is 72.7 Å². The van der Waals surface area contributed by atoms with Crippen LogP contribution >= 0.6 is 0 Å². The highest BCUT2D eigenvalue weighted by Crippen LogP contribution is 2.34. The molecule has 1 fully saturated rings. The number of benzene rings is 2. The summed E-state index contributed by atoms with van der Waals surface area (Å²) in [6.07, 6.45) is 4.94. The number of nitrogens with two attached hydrogens (primary N) is 1. The summed E-state index contributed by atoms with van der Waals surface area (Å²) >= 11 is 0. The van der Waals surface area contributed by atoms with E-state index in [1.807, 2.05) is 48.5 Å². The molecular formula is C28H33N7O4S. The van der Waals surface area contributed by atoms with Crippen molar-refractivity contribution < 1.29 is 17.9 Å². The molecule has 3 heterocycles. The molecule has 2 aromatic carbocycles. The molecule has 1 aliphatic rings. The zero-order valence-corrected chi connectivity index (χ0v) is 23.3. The topological polar surface area (TPSA) is 144 Å². The van der Waals surface area contributed by atoms with Gasteiger partial charge in [0.05, 0.1) is 36.7 Å². The van der Waals surface area contributed by atoms with Gasteiger partial charge >= 0.3 is 0 Å². The molecule has 5 rings (SSSR count). The van der Waals surface area contributed by atoms with Crippen LogP contribution in [0.25, 0.3) is 16.8 Å². The Morgan fingerprint density at radius 3 is 2.75 bits per heavy atom. The molecule has 0 saturated carbocycles. The van der Waals surface area contributed by atoms with Crippen LogP contribution in [0.15, 0.2) is 60.8 Å². The van der Waals surface area contributed by atoms with Crippen molar-refractivity contribution in [2.24, 2.45) is 5.73 Å². The van der Waals surface area contributed by atoms with Gasteiger partial charge < -0.3 is 21.1 Å². The van der Waals surface area contributed by atoms with E-state index < -0.39 is 9.84 Å². The van der Waals surface area contributed by atoms with E-state index in [9.17, 15) is 13.2 Å². The molecule has 11 nitrogen and oxygen atoms in total. The van der Waals surface area contributed by atoms with Crippen LogP contribution < -0.4 is 21.1 Å². The largest absolute Gasteiger partial charge is 0.495 e. The van der Waals surface area contributed by atoms with E-state index >= 15 is 0 Å². The first-order chi connectivity index (χ1) is 19.2. The number of carbonyl (C=O) groups is 1. The minimum Gasteiger partial charge on any atom is -0.495 e. The van der Waals surface area contributed by atoms with Crippen LogP contribution in [0.2, 0.25) is 0 Å². The smallest absolute Gasteiger partial charge is 0.245 e. The number of carbonyl (C=O) groups excluding carboxylic acids is 1. The Kier molecular flexibility index (Phi) is 7.90. The molecule has 0 aliphatic carbocycles. The number of fused-ring (bicyclic) bond motifs is 1. The van der Waals surface area contributed by atoms with Gasteiger partial charge in [-0.15, -0.1) is 5.10 Å². The third kappa shape index (κ3) is 6.35. The quantitative estimate of drug-likeness (QED) is 0.265. The zero-order chi connectivity index (χ0) is 28.3. The van der Waals surface area contributed by atoms with E-state index in [0.29, 0.717) is 17.4 Å². The maximum absolute atomic E-state index is 11.7. The van der Waals surface area contributed by atoms with Crippen LogP contribution in [0, 0.1) is 0 Å². The molecule has 0 radical (unpaired) electrons. The second kappa shape index (κ2) is 11.5. The number of likely N-dealkylation sites (tertiary alicyclic amines) is 1. The van der Waals surface area contributed by atoms with Gasteiger partial charge in [0.2, 0.25) is 11.9 Å². The van der Waals surface area contributed by atoms with Crippen LogP contribution in [0.5, 0.6) is 5.75 Å². The van der Waals surface area contributed by atoms with Crippen molar-refractivity contribution in [3.05, 3.63) is 66.4 Å². The predicted molar refractivity (Wildman–Crippen MR) is 156 cm³/mol. The standard InChI is InChI=1S/C28H33N7O4S/c1-39-26-14-19(20-6-5-13-34(16-20)17-27(29)36)9-11-24(26)32-28-30-15-21-10-12-25(35(21)33-28)22-7-3-4-8-23(22)31-18-40(2,37)38/h3-4,7-12,14-15,20,31H,5-6,13,16-18H2,1-2H3,(H2,29,36)(H,32,33). The van der Waals surface area contributed by atoms with Crippen LogP contribution in [0.1, 0.15) is 24.3 Å². The van der Waals surface area contributed by atoms with Gasteiger partial charge in [0.1, 0.15) is 11.6 Å². The van der Waals surface area contributed by atoms with Crippen molar-refractivity contribution >= 4 is 38.6 Å². The van der Waals surface area contributed by atoms with Crippen molar-refractivity contribution in [3.63, 3.8) is 0 Å². The maximum atomic E-state index is 11.7. The number of hydrogen-bond donors (Lipinski definition) is 3. The Morgan fingerprint density at radius 2 is 1.98 bits per heavy atom. The molecule has 1 atom stereocenters. The summed E-state index contributed by atoms with van der Waals surface area (Å²) in [6.45, 7) is 1.91. The van der Waals surface area contributed by atoms with Gasteiger partial charge in [-0.1, -0.05) is 24.3 Å². The summed E-state index contributed by atoms with van der Waals surface area (Å²) in [4.78, 5) is 18.0. The molecule has 2 aromatic heterocycles. The number of para-hydroxylation sites is 1. The average molecular weight is 564 g/mol. The average Bonchev–Trinajstić information content (AvgIpc) is 3.35. The Balaban J connectivity index is 1.40. The van der Waals surface area contributed by atoms with Crippen molar-refractivity contribution in [1.29, 1.82) is 0 Å². The summed E-state index contributed by atoms with van der Waals surface area (Å²) in [7, 11) is -1.58. The Hall–Kier alpha value is -4.16. The molecule has 1 unspecified atom stereocenters. The lowest BCUT2D eigenvalue weighted by Crippen LogP contribution is -2.40. The first-order valence-corrected chi connectivity index (χ1v) is 15.1. The van der Waals surface area contributed by atoms with Crippen LogP contribution in [0.3, 0.4) is 0 Å². The second-order valence-corrected chi connectivity index (χ2v) is 12.2. The fourth-order valence-electron chi connectivity index (χ4n) is 5.11. The van der Waals surface area contributed by atoms with E-state index in [1.54, 1.807) is 17.8 Å². The number of hydrogen-bond acceptors (Lipinski definition) is 9. The highest BCUT2D eigenvalue weighted by Gasteiger charge is 2.23. The molecular weight excluding hydrogens is 530 g/mol. The first-order valence-electron chi connectivity index (χ1n) is 13.0. The number of anilines is 3. The number of aromatic nitrogens is 3. The Labute approximate surface area is 233 Å². The first kappa shape index (κ1) is 27.4. The highest BCUT2D eigenvalue weighted by atomic mass is 32.2. The van der Waals surface area contributed by atoms with Gasteiger partial charge in [0, 0.05) is 24.1 Å². The number of sulfone groups is 1. The molecule has 0 bridgehead atoms. The Bertz CT molecular complexity index is 1640. The van der Waals surface area contributed by atoms with Gasteiger partial charge in [0.15, 0.2) is 9.84 Å². The van der Waals surface area contributed by atoms with E-state index in [-0.39, 0.29) is 24.2 Å². The summed E-state index contributed by atoms with van der Waals surface area (Å²) < 4.78 is 30.9. The van der Waals surface area contributed by atoms with Gasteiger partial charge in [-0.05, 0) is 61.2 Å². The zero-order valence-electron chi connectivity index (χ0n) is 22.5. The monoisotopic (exact) mass is 563 g/mol. The molecule has 40 heavy (non-hydrogen) atoms. The predicted octanol–water partition coefficient (Wildman–Crippen LogP) is 3.23. The number of nitrogens with one attached hydrogen (secondary N) is 2. The normalized spacial score (nSPS) is 16.1. The van der Waals surface area contributed by atoms with Crippen molar-refractivity contribution in [1.82, 2.24) is 19.5 Å². The number of amides is 1. The minimum absolute atomic E-state index is 0.172. The number of primary amides is 1. The molecule has 12 heteroatoms. The van der Waals surface area contributed by atoms with Crippen molar-refractivity contribution in [2.75, 3.05) is 49.5 Å². The number of piperidine rings is 1. The number of nitrogens with zero attached hydrogens (tertiary/aromatic N) is 4. The Morgan fingerprint density at radius 1 is 1.15 bits per heavy atom. The molecule has 210 valence electrons. The summed E-state index contributed by atoms with van der Waals surface area (Å²) in [5, 5.41) is 11.0. The molecule has 1 aliphatic heterocycles. The van der Waals surface area contributed by atoms with Crippen LogP contribution in [0.4, 0.5) is 17.3 Å². The summed E-state index contributed by atoms with van der Waals surface area (Å²) in [5.74, 6) is 0.838. The van der Waals surface area contributed by atoms with Crippen molar-refractivity contribution in [2.45, 2.75) is 18.8 Å². The lowest BCUT2D eigenvalue weighted by atomic mass is 9.90. The third-order valence-electron chi connectivity index (χ3n) is 6.95. The lowest BCUT2D eigenvalue weighted by molar-refractivity contribution is -0.119. The van der Waals surface area contributed by atoms with E-state index in [2.05, 4.69) is 26.6 Å². The van der Waals surface area contributed by atoms with Crippen molar-refractivity contribution in [3.8, 4) is 17.0 Å². The highest BCUT2D eigenvalue weighted by molar-refractivity contribution is 7.90. The summed E-state index contributed by atoms with van der Waals surface area (Å²) in [6, 6.07) is 17.4. The number of methoxy groups -OCH3 is 1. The van der Waals surface area contributed by atoms with Gasteiger partial charge in [0.25, 0.3) is 0 Å². The molecule has 4 aromatic rings. The number of rotatable bonds is 10. The second-order valence-electron chi connectivity index (χ2n) is 10.1. The third-order valence-corrected chi connectivity index (χ3v) is 7.62. The van der Waals surface area contributed by atoms with E-state index in [1.165, 1.54) is 6.26 Å².